The van der Waals surface area contributed by atoms with Gasteiger partial charge in [-0.05, 0) is 35.7 Å². The molecule has 2 aliphatic rings. The first-order valence-electron chi connectivity index (χ1n) is 10.9. The molecular weight excluding hydrogens is 448 g/mol. The fraction of sp³-hybridized carbons (Fsp3) is 0.375. The van der Waals surface area contributed by atoms with Gasteiger partial charge in [-0.15, -0.1) is 0 Å². The molecule has 2 aromatic carbocycles. The van der Waals surface area contributed by atoms with Crippen LogP contribution >= 0.6 is 0 Å². The Balaban J connectivity index is 1.50. The summed E-state index contributed by atoms with van der Waals surface area (Å²) < 4.78 is 27.7. The monoisotopic (exact) mass is 472 g/mol. The maximum Gasteiger partial charge on any atom is 0.231 e. The summed E-state index contributed by atoms with van der Waals surface area (Å²) in [5.41, 5.74) is 1.63. The molecule has 0 radical (unpaired) electrons. The van der Waals surface area contributed by atoms with Crippen molar-refractivity contribution >= 4 is 11.0 Å². The molecule has 0 aliphatic carbocycles. The second kappa shape index (κ2) is 8.90. The molecule has 34 heavy (non-hydrogen) atoms. The third-order valence-corrected chi connectivity index (χ3v) is 6.11. The fourth-order valence-electron chi connectivity index (χ4n) is 4.14. The minimum atomic E-state index is -1.57. The normalized spacial score (nSPS) is 26.1. The number of benzene rings is 2. The number of hydrogen-bond acceptors (Lipinski definition) is 10. The second-order valence-electron chi connectivity index (χ2n) is 8.17. The molecule has 0 saturated carbocycles. The first-order chi connectivity index (χ1) is 16.4. The minimum absolute atomic E-state index is 0.127. The third kappa shape index (κ3) is 3.79. The van der Waals surface area contributed by atoms with Crippen LogP contribution in [0, 0.1) is 0 Å². The number of aliphatic hydroxyl groups excluding tert-OH is 4. The molecule has 2 aliphatic heterocycles. The molecule has 5 rings (SSSR count). The predicted molar refractivity (Wildman–Crippen MR) is 118 cm³/mol. The van der Waals surface area contributed by atoms with E-state index in [4.69, 9.17) is 23.4 Å². The Kier molecular flexibility index (Phi) is 5.92. The van der Waals surface area contributed by atoms with E-state index in [1.54, 1.807) is 24.3 Å². The van der Waals surface area contributed by atoms with Crippen LogP contribution in [0.15, 0.2) is 45.8 Å². The van der Waals surface area contributed by atoms with Crippen molar-refractivity contribution in [1.82, 2.24) is 0 Å². The van der Waals surface area contributed by atoms with Crippen molar-refractivity contribution in [3.63, 3.8) is 0 Å². The molecule has 5 atom stereocenters. The van der Waals surface area contributed by atoms with Gasteiger partial charge in [0.15, 0.2) is 11.5 Å². The molecule has 3 aromatic rings. The Bertz CT molecular complexity index is 1270. The zero-order chi connectivity index (χ0) is 24.0. The SMILES string of the molecule is CCc1cc2c(=O)c(-c3ccc4c(c3)OCO4)coc2cc1O[C@H]1O[C@@H](CO)[C@H](O)[C@@H](O)[C@@H]1O. The van der Waals surface area contributed by atoms with Crippen LogP contribution in [-0.4, -0.2) is 64.5 Å². The highest BCUT2D eigenvalue weighted by Crippen LogP contribution is 2.36. The van der Waals surface area contributed by atoms with Crippen molar-refractivity contribution in [2.24, 2.45) is 0 Å². The summed E-state index contributed by atoms with van der Waals surface area (Å²) in [5.74, 6) is 1.44. The van der Waals surface area contributed by atoms with Gasteiger partial charge in [0.05, 0.1) is 17.6 Å². The van der Waals surface area contributed by atoms with Crippen molar-refractivity contribution in [1.29, 1.82) is 0 Å². The standard InChI is InChI=1S/C24H24O10/c1-2-11-5-13-17(7-16(11)33-24-23(29)22(28)21(27)19(8-25)34-24)30-9-14(20(13)26)12-3-4-15-18(6-12)32-10-31-15/h3-7,9,19,21-25,27-29H,2,8,10H2,1H3/t19-,21-,22+,23-,24-/m0/s1. The van der Waals surface area contributed by atoms with Gasteiger partial charge in [-0.2, -0.15) is 0 Å². The maximum absolute atomic E-state index is 13.3. The van der Waals surface area contributed by atoms with E-state index in [2.05, 4.69) is 0 Å². The van der Waals surface area contributed by atoms with Crippen LogP contribution < -0.4 is 19.6 Å². The van der Waals surface area contributed by atoms with Crippen molar-refractivity contribution in [3.8, 4) is 28.4 Å². The first kappa shape index (κ1) is 22.6. The Hall–Kier alpha value is -3.15. The van der Waals surface area contributed by atoms with Crippen molar-refractivity contribution in [2.45, 2.75) is 44.1 Å². The first-order valence-corrected chi connectivity index (χ1v) is 10.9. The van der Waals surface area contributed by atoms with Gasteiger partial charge in [-0.1, -0.05) is 13.0 Å². The van der Waals surface area contributed by atoms with E-state index in [0.29, 0.717) is 40.0 Å². The van der Waals surface area contributed by atoms with E-state index in [0.717, 1.165) is 0 Å². The van der Waals surface area contributed by atoms with Gasteiger partial charge in [0.1, 0.15) is 42.0 Å². The molecule has 1 saturated heterocycles. The number of ether oxygens (including phenoxy) is 4. The third-order valence-electron chi connectivity index (χ3n) is 6.11. The Morgan fingerprint density at radius 1 is 1.03 bits per heavy atom. The van der Waals surface area contributed by atoms with Gasteiger partial charge >= 0.3 is 0 Å². The van der Waals surface area contributed by atoms with Crippen molar-refractivity contribution in [2.75, 3.05) is 13.4 Å². The Morgan fingerprint density at radius 2 is 1.82 bits per heavy atom. The zero-order valence-corrected chi connectivity index (χ0v) is 18.2. The van der Waals surface area contributed by atoms with Gasteiger partial charge in [0, 0.05) is 6.07 Å². The van der Waals surface area contributed by atoms with Crippen molar-refractivity contribution in [3.05, 3.63) is 52.4 Å². The molecule has 1 fully saturated rings. The van der Waals surface area contributed by atoms with E-state index < -0.39 is 37.3 Å². The molecule has 1 aromatic heterocycles. The summed E-state index contributed by atoms with van der Waals surface area (Å²) >= 11 is 0. The number of aryl methyl sites for hydroxylation is 1. The lowest BCUT2D eigenvalue weighted by Crippen LogP contribution is -2.60. The Morgan fingerprint density at radius 3 is 2.59 bits per heavy atom. The lowest BCUT2D eigenvalue weighted by molar-refractivity contribution is -0.277. The highest BCUT2D eigenvalue weighted by molar-refractivity contribution is 5.84. The van der Waals surface area contributed by atoms with Crippen LogP contribution in [-0.2, 0) is 11.2 Å². The molecule has 180 valence electrons. The van der Waals surface area contributed by atoms with E-state index in [1.807, 2.05) is 6.92 Å². The summed E-state index contributed by atoms with van der Waals surface area (Å²) in [6.07, 6.45) is -5.23. The fourth-order valence-corrected chi connectivity index (χ4v) is 4.14. The van der Waals surface area contributed by atoms with Crippen LogP contribution in [0.3, 0.4) is 0 Å². The van der Waals surface area contributed by atoms with E-state index in [-0.39, 0.29) is 23.6 Å². The molecular formula is C24H24O10. The summed E-state index contributed by atoms with van der Waals surface area (Å²) in [6.45, 7) is 1.42. The second-order valence-corrected chi connectivity index (χ2v) is 8.17. The number of hydrogen-bond donors (Lipinski definition) is 4. The Labute approximate surface area is 193 Å². The summed E-state index contributed by atoms with van der Waals surface area (Å²) in [6, 6.07) is 8.37. The average Bonchev–Trinajstić information content (AvgIpc) is 3.32. The number of aliphatic hydroxyl groups is 4. The van der Waals surface area contributed by atoms with Crippen LogP contribution in [0.25, 0.3) is 22.1 Å². The summed E-state index contributed by atoms with van der Waals surface area (Å²) in [5, 5.41) is 40.0. The molecule has 0 spiro atoms. The summed E-state index contributed by atoms with van der Waals surface area (Å²) in [7, 11) is 0. The van der Waals surface area contributed by atoms with Crippen LogP contribution in [0.1, 0.15) is 12.5 Å². The zero-order valence-electron chi connectivity index (χ0n) is 18.2. The van der Waals surface area contributed by atoms with Crippen LogP contribution in [0.2, 0.25) is 0 Å². The number of rotatable bonds is 5. The maximum atomic E-state index is 13.3. The molecule has 0 unspecified atom stereocenters. The topological polar surface area (TPSA) is 148 Å². The van der Waals surface area contributed by atoms with Crippen LogP contribution in [0.5, 0.6) is 17.2 Å². The molecule has 3 heterocycles. The highest BCUT2D eigenvalue weighted by Gasteiger charge is 2.44. The predicted octanol–water partition coefficient (Wildman–Crippen LogP) is 0.930. The highest BCUT2D eigenvalue weighted by atomic mass is 16.7. The van der Waals surface area contributed by atoms with Gasteiger partial charge in [0.25, 0.3) is 0 Å². The lowest BCUT2D eigenvalue weighted by atomic mass is 9.99. The average molecular weight is 472 g/mol. The van der Waals surface area contributed by atoms with Gasteiger partial charge in [-0.25, -0.2) is 0 Å². The molecule has 0 amide bonds. The minimum Gasteiger partial charge on any atom is -0.463 e. The van der Waals surface area contributed by atoms with Gasteiger partial charge < -0.3 is 43.8 Å². The number of fused-ring (bicyclic) bond motifs is 2. The molecule has 10 nitrogen and oxygen atoms in total. The summed E-state index contributed by atoms with van der Waals surface area (Å²) in [4.78, 5) is 13.3. The molecule has 0 bridgehead atoms. The quantitative estimate of drug-likeness (QED) is 0.423. The van der Waals surface area contributed by atoms with Gasteiger partial charge in [-0.3, -0.25) is 4.79 Å². The largest absolute Gasteiger partial charge is 0.463 e. The van der Waals surface area contributed by atoms with Crippen LogP contribution in [0.4, 0.5) is 0 Å². The smallest absolute Gasteiger partial charge is 0.231 e. The van der Waals surface area contributed by atoms with E-state index >= 15 is 0 Å². The van der Waals surface area contributed by atoms with E-state index in [1.165, 1.54) is 12.3 Å². The molecule has 4 N–H and O–H groups in total. The van der Waals surface area contributed by atoms with E-state index in [9.17, 15) is 25.2 Å². The van der Waals surface area contributed by atoms with Gasteiger partial charge in [0.2, 0.25) is 18.5 Å². The molecule has 10 heteroatoms. The lowest BCUT2D eigenvalue weighted by Gasteiger charge is -2.39. The van der Waals surface area contributed by atoms with Crippen molar-refractivity contribution < 1.29 is 43.8 Å².